The van der Waals surface area contributed by atoms with Gasteiger partial charge in [0.15, 0.2) is 9.84 Å². The maximum atomic E-state index is 12.0. The summed E-state index contributed by atoms with van der Waals surface area (Å²) in [7, 11) is -3.46. The molecule has 6 nitrogen and oxygen atoms in total. The van der Waals surface area contributed by atoms with E-state index in [1.807, 2.05) is 30.3 Å². The first-order valence-electron chi connectivity index (χ1n) is 7.93. The first kappa shape index (κ1) is 20.2. The Morgan fingerprint density at radius 3 is 2.33 bits per heavy atom. The third-order valence-electron chi connectivity index (χ3n) is 3.33. The van der Waals surface area contributed by atoms with E-state index in [2.05, 4.69) is 5.32 Å². The number of carbonyl (C=O) groups is 2. The Hall–Kier alpha value is -1.89. The maximum Gasteiger partial charge on any atom is 0.303 e. The molecule has 0 bridgehead atoms. The van der Waals surface area contributed by atoms with E-state index in [0.717, 1.165) is 5.56 Å². The highest BCUT2D eigenvalue weighted by Gasteiger charge is 2.21. The summed E-state index contributed by atoms with van der Waals surface area (Å²) in [6.07, 6.45) is 0.626. The van der Waals surface area contributed by atoms with Crippen LogP contribution in [0, 0.1) is 5.92 Å². The molecule has 1 aromatic rings. The molecule has 1 atom stereocenters. The highest BCUT2D eigenvalue weighted by molar-refractivity contribution is 7.92. The van der Waals surface area contributed by atoms with E-state index in [1.54, 1.807) is 13.8 Å². The van der Waals surface area contributed by atoms with Crippen LogP contribution in [0.15, 0.2) is 30.3 Å². The van der Waals surface area contributed by atoms with Gasteiger partial charge < -0.3 is 10.4 Å². The van der Waals surface area contributed by atoms with Crippen LogP contribution in [-0.2, 0) is 25.8 Å². The van der Waals surface area contributed by atoms with Crippen molar-refractivity contribution in [1.82, 2.24) is 5.32 Å². The Kier molecular flexibility index (Phi) is 7.91. The van der Waals surface area contributed by atoms with Crippen LogP contribution in [0.25, 0.3) is 0 Å². The molecule has 1 amide bonds. The molecule has 0 saturated heterocycles. The van der Waals surface area contributed by atoms with E-state index >= 15 is 0 Å². The van der Waals surface area contributed by atoms with Gasteiger partial charge in [0.05, 0.1) is 5.75 Å². The number of nitrogens with one attached hydrogen (secondary N) is 1. The number of sulfone groups is 1. The van der Waals surface area contributed by atoms with Crippen molar-refractivity contribution in [3.8, 4) is 0 Å². The van der Waals surface area contributed by atoms with Crippen molar-refractivity contribution in [2.75, 3.05) is 11.5 Å². The molecular formula is C17H25NO5S. The van der Waals surface area contributed by atoms with Gasteiger partial charge in [0.25, 0.3) is 0 Å². The van der Waals surface area contributed by atoms with Crippen molar-refractivity contribution < 1.29 is 23.1 Å². The molecule has 0 fully saturated rings. The number of amides is 1. The maximum absolute atomic E-state index is 12.0. The standard InChI is InChI=1S/C17H25NO5S/c1-13(2)11-24(22,23)12-16(19)18-15(8-9-17(20)21)10-14-6-4-3-5-7-14/h3-7,13,15H,8-12H2,1-2H3,(H,18,19)(H,20,21). The second-order valence-corrected chi connectivity index (χ2v) is 8.44. The Labute approximate surface area is 143 Å². The molecule has 134 valence electrons. The summed E-state index contributed by atoms with van der Waals surface area (Å²) < 4.78 is 23.8. The van der Waals surface area contributed by atoms with Gasteiger partial charge in [0.2, 0.25) is 5.91 Å². The van der Waals surface area contributed by atoms with Crippen LogP contribution in [0.4, 0.5) is 0 Å². The van der Waals surface area contributed by atoms with Crippen molar-refractivity contribution in [3.63, 3.8) is 0 Å². The van der Waals surface area contributed by atoms with Gasteiger partial charge in [-0.3, -0.25) is 9.59 Å². The number of carbonyl (C=O) groups excluding carboxylic acids is 1. The number of rotatable bonds is 10. The van der Waals surface area contributed by atoms with Crippen LogP contribution in [-0.4, -0.2) is 42.9 Å². The van der Waals surface area contributed by atoms with Crippen molar-refractivity contribution in [2.45, 2.75) is 39.2 Å². The van der Waals surface area contributed by atoms with E-state index in [1.165, 1.54) is 0 Å². The zero-order chi connectivity index (χ0) is 18.2. The monoisotopic (exact) mass is 355 g/mol. The number of hydrogen-bond donors (Lipinski definition) is 2. The van der Waals surface area contributed by atoms with Crippen LogP contribution in [0.5, 0.6) is 0 Å². The average Bonchev–Trinajstić information content (AvgIpc) is 2.43. The molecule has 0 spiro atoms. The molecule has 0 heterocycles. The Balaban J connectivity index is 2.69. The predicted molar refractivity (Wildman–Crippen MR) is 92.4 cm³/mol. The largest absolute Gasteiger partial charge is 0.481 e. The van der Waals surface area contributed by atoms with Crippen molar-refractivity contribution >= 4 is 21.7 Å². The van der Waals surface area contributed by atoms with Gasteiger partial charge in [-0.25, -0.2) is 8.42 Å². The SMILES string of the molecule is CC(C)CS(=O)(=O)CC(=O)NC(CCC(=O)O)Cc1ccccc1. The van der Waals surface area contributed by atoms with Crippen LogP contribution in [0.3, 0.4) is 0 Å². The van der Waals surface area contributed by atoms with Gasteiger partial charge in [0.1, 0.15) is 5.75 Å². The quantitative estimate of drug-likeness (QED) is 0.665. The van der Waals surface area contributed by atoms with Gasteiger partial charge in [0, 0.05) is 12.5 Å². The fourth-order valence-corrected chi connectivity index (χ4v) is 4.07. The highest BCUT2D eigenvalue weighted by Crippen LogP contribution is 2.09. The molecule has 0 aromatic heterocycles. The van der Waals surface area contributed by atoms with Crippen LogP contribution >= 0.6 is 0 Å². The lowest BCUT2D eigenvalue weighted by Gasteiger charge is -2.18. The Morgan fingerprint density at radius 1 is 1.17 bits per heavy atom. The normalized spacial score (nSPS) is 12.8. The minimum Gasteiger partial charge on any atom is -0.481 e. The number of benzene rings is 1. The minimum absolute atomic E-state index is 0.0428. The predicted octanol–water partition coefficient (Wildman–Crippen LogP) is 1.65. The van der Waals surface area contributed by atoms with Crippen LogP contribution in [0.1, 0.15) is 32.3 Å². The lowest BCUT2D eigenvalue weighted by atomic mass is 10.0. The van der Waals surface area contributed by atoms with E-state index in [0.29, 0.717) is 6.42 Å². The second-order valence-electron chi connectivity index (χ2n) is 6.33. The number of carboxylic acid groups (broad SMARTS) is 1. The van der Waals surface area contributed by atoms with Gasteiger partial charge in [-0.1, -0.05) is 44.2 Å². The van der Waals surface area contributed by atoms with E-state index in [-0.39, 0.29) is 24.5 Å². The summed E-state index contributed by atoms with van der Waals surface area (Å²) in [5.41, 5.74) is 0.957. The van der Waals surface area contributed by atoms with Crippen molar-refractivity contribution in [3.05, 3.63) is 35.9 Å². The Bertz CT molecular complexity index is 640. The smallest absolute Gasteiger partial charge is 0.303 e. The fraction of sp³-hybridized carbons (Fsp3) is 0.529. The second kappa shape index (κ2) is 9.42. The number of hydrogen-bond acceptors (Lipinski definition) is 4. The molecule has 0 saturated carbocycles. The van der Waals surface area contributed by atoms with Crippen molar-refractivity contribution in [2.24, 2.45) is 5.92 Å². The molecule has 1 rings (SSSR count). The van der Waals surface area contributed by atoms with Gasteiger partial charge >= 0.3 is 5.97 Å². The number of carboxylic acids is 1. The van der Waals surface area contributed by atoms with E-state index < -0.39 is 33.5 Å². The summed E-state index contributed by atoms with van der Waals surface area (Å²) in [6, 6.07) is 8.94. The van der Waals surface area contributed by atoms with E-state index in [9.17, 15) is 18.0 Å². The molecule has 1 unspecified atom stereocenters. The molecule has 2 N–H and O–H groups in total. The summed E-state index contributed by atoms with van der Waals surface area (Å²) in [5, 5.41) is 11.5. The lowest BCUT2D eigenvalue weighted by Crippen LogP contribution is -2.40. The van der Waals surface area contributed by atoms with E-state index in [4.69, 9.17) is 5.11 Å². The zero-order valence-corrected chi connectivity index (χ0v) is 14.9. The first-order chi connectivity index (χ1) is 11.2. The molecule has 0 aliphatic heterocycles. The summed E-state index contributed by atoms with van der Waals surface area (Å²) in [6.45, 7) is 3.56. The fourth-order valence-electron chi connectivity index (χ4n) is 2.46. The third-order valence-corrected chi connectivity index (χ3v) is 5.21. The molecule has 1 aromatic carbocycles. The summed E-state index contributed by atoms with van der Waals surface area (Å²) in [4.78, 5) is 22.8. The third kappa shape index (κ3) is 8.67. The average molecular weight is 355 g/mol. The lowest BCUT2D eigenvalue weighted by molar-refractivity contribution is -0.137. The molecule has 0 aliphatic rings. The molecule has 0 aliphatic carbocycles. The summed E-state index contributed by atoms with van der Waals surface area (Å²) in [5.74, 6) is -2.19. The molecular weight excluding hydrogens is 330 g/mol. The highest BCUT2D eigenvalue weighted by atomic mass is 32.2. The topological polar surface area (TPSA) is 101 Å². The molecule has 0 radical (unpaired) electrons. The van der Waals surface area contributed by atoms with Gasteiger partial charge in [-0.05, 0) is 24.3 Å². The minimum atomic E-state index is -3.46. The molecule has 24 heavy (non-hydrogen) atoms. The molecule has 7 heteroatoms. The first-order valence-corrected chi connectivity index (χ1v) is 9.75. The van der Waals surface area contributed by atoms with Crippen LogP contribution in [0.2, 0.25) is 0 Å². The van der Waals surface area contributed by atoms with Gasteiger partial charge in [-0.15, -0.1) is 0 Å². The van der Waals surface area contributed by atoms with Crippen LogP contribution < -0.4 is 5.32 Å². The van der Waals surface area contributed by atoms with Gasteiger partial charge in [-0.2, -0.15) is 0 Å². The summed E-state index contributed by atoms with van der Waals surface area (Å²) >= 11 is 0. The Morgan fingerprint density at radius 2 is 1.79 bits per heavy atom. The van der Waals surface area contributed by atoms with Crippen molar-refractivity contribution in [1.29, 1.82) is 0 Å². The zero-order valence-electron chi connectivity index (χ0n) is 14.1. The number of aliphatic carboxylic acids is 1.